The van der Waals surface area contributed by atoms with Gasteiger partial charge in [0.1, 0.15) is 12.4 Å². The Morgan fingerprint density at radius 2 is 1.83 bits per heavy atom. The maximum Gasteiger partial charge on any atom is 0.119 e. The van der Waals surface area contributed by atoms with Crippen molar-refractivity contribution in [2.45, 2.75) is 13.2 Å². The zero-order valence-corrected chi connectivity index (χ0v) is 10.5. The third kappa shape index (κ3) is 3.50. The zero-order valence-electron chi connectivity index (χ0n) is 10.5. The number of nitrogens with one attached hydrogen (secondary N) is 1. The quantitative estimate of drug-likeness (QED) is 0.792. The van der Waals surface area contributed by atoms with Crippen LogP contribution in [0.1, 0.15) is 11.1 Å². The number of rotatable bonds is 5. The number of hydrogen-bond donors (Lipinski definition) is 2. The molecule has 0 aliphatic carbocycles. The van der Waals surface area contributed by atoms with Crippen LogP contribution in [0, 0.1) is 0 Å². The van der Waals surface area contributed by atoms with Crippen molar-refractivity contribution in [3.05, 3.63) is 59.7 Å². The van der Waals surface area contributed by atoms with E-state index in [9.17, 15) is 0 Å². The van der Waals surface area contributed by atoms with E-state index in [1.807, 2.05) is 43.4 Å². The molecule has 0 spiro atoms. The molecule has 94 valence electrons. The van der Waals surface area contributed by atoms with Gasteiger partial charge >= 0.3 is 0 Å². The van der Waals surface area contributed by atoms with Gasteiger partial charge in [-0.3, -0.25) is 0 Å². The Kier molecular flexibility index (Phi) is 4.20. The van der Waals surface area contributed by atoms with Gasteiger partial charge in [-0.25, -0.2) is 0 Å². The Morgan fingerprint density at radius 1 is 1.06 bits per heavy atom. The van der Waals surface area contributed by atoms with E-state index in [1.54, 1.807) is 0 Å². The van der Waals surface area contributed by atoms with Gasteiger partial charge in [-0.15, -0.1) is 0 Å². The highest BCUT2D eigenvalue weighted by atomic mass is 16.5. The fourth-order valence-electron chi connectivity index (χ4n) is 1.76. The van der Waals surface area contributed by atoms with Crippen LogP contribution in [0.4, 0.5) is 5.69 Å². The highest BCUT2D eigenvalue weighted by Gasteiger charge is 1.97. The molecule has 0 amide bonds. The second-order valence-corrected chi connectivity index (χ2v) is 4.21. The topological polar surface area (TPSA) is 47.3 Å². The monoisotopic (exact) mass is 242 g/mol. The molecule has 0 unspecified atom stereocenters. The molecular weight excluding hydrogens is 224 g/mol. The number of nitrogen functional groups attached to an aromatic ring is 1. The normalized spacial score (nSPS) is 10.3. The van der Waals surface area contributed by atoms with E-state index in [0.717, 1.165) is 23.5 Å². The standard InChI is InChI=1S/C15H18N2O/c1-17-10-12-5-7-15(8-6-12)18-11-13-3-2-4-14(16)9-13/h2-9,17H,10-11,16H2,1H3. The summed E-state index contributed by atoms with van der Waals surface area (Å²) >= 11 is 0. The van der Waals surface area contributed by atoms with Crippen LogP contribution in [-0.2, 0) is 13.2 Å². The summed E-state index contributed by atoms with van der Waals surface area (Å²) in [4.78, 5) is 0. The molecule has 0 atom stereocenters. The van der Waals surface area contributed by atoms with Gasteiger partial charge in [0.2, 0.25) is 0 Å². The summed E-state index contributed by atoms with van der Waals surface area (Å²) in [5.41, 5.74) is 8.80. The smallest absolute Gasteiger partial charge is 0.119 e. The lowest BCUT2D eigenvalue weighted by Crippen LogP contribution is -2.04. The maximum absolute atomic E-state index is 5.72. The van der Waals surface area contributed by atoms with Gasteiger partial charge in [-0.05, 0) is 42.4 Å². The van der Waals surface area contributed by atoms with Crippen LogP contribution in [0.2, 0.25) is 0 Å². The van der Waals surface area contributed by atoms with Gasteiger partial charge in [0.05, 0.1) is 0 Å². The second kappa shape index (κ2) is 6.07. The number of hydrogen-bond acceptors (Lipinski definition) is 3. The summed E-state index contributed by atoms with van der Waals surface area (Å²) < 4.78 is 5.70. The van der Waals surface area contributed by atoms with Crippen LogP contribution in [0.3, 0.4) is 0 Å². The molecule has 18 heavy (non-hydrogen) atoms. The van der Waals surface area contributed by atoms with Gasteiger partial charge in [0.15, 0.2) is 0 Å². The Morgan fingerprint density at radius 3 is 2.50 bits per heavy atom. The minimum atomic E-state index is 0.538. The zero-order chi connectivity index (χ0) is 12.8. The molecule has 2 aromatic carbocycles. The highest BCUT2D eigenvalue weighted by Crippen LogP contribution is 2.15. The first-order valence-electron chi connectivity index (χ1n) is 5.98. The molecular formula is C15H18N2O. The Labute approximate surface area is 108 Å². The van der Waals surface area contributed by atoms with Crippen molar-refractivity contribution >= 4 is 5.69 Å². The van der Waals surface area contributed by atoms with Crippen LogP contribution in [0.5, 0.6) is 5.75 Å². The highest BCUT2D eigenvalue weighted by molar-refractivity contribution is 5.40. The van der Waals surface area contributed by atoms with E-state index in [4.69, 9.17) is 10.5 Å². The summed E-state index contributed by atoms with van der Waals surface area (Å²) in [6.45, 7) is 1.41. The molecule has 0 aliphatic rings. The molecule has 0 bridgehead atoms. The lowest BCUT2D eigenvalue weighted by Gasteiger charge is -2.07. The van der Waals surface area contributed by atoms with Crippen molar-refractivity contribution in [2.24, 2.45) is 0 Å². The number of nitrogens with two attached hydrogens (primary N) is 1. The van der Waals surface area contributed by atoms with Crippen molar-refractivity contribution in [3.63, 3.8) is 0 Å². The minimum absolute atomic E-state index is 0.538. The second-order valence-electron chi connectivity index (χ2n) is 4.21. The average Bonchev–Trinajstić information content (AvgIpc) is 2.38. The van der Waals surface area contributed by atoms with E-state index in [1.165, 1.54) is 5.56 Å². The number of benzene rings is 2. The Balaban J connectivity index is 1.93. The van der Waals surface area contributed by atoms with Crippen molar-refractivity contribution in [1.82, 2.24) is 5.32 Å². The lowest BCUT2D eigenvalue weighted by molar-refractivity contribution is 0.306. The van der Waals surface area contributed by atoms with Gasteiger partial charge in [-0.2, -0.15) is 0 Å². The van der Waals surface area contributed by atoms with Crippen molar-refractivity contribution < 1.29 is 4.74 Å². The van der Waals surface area contributed by atoms with Gasteiger partial charge in [0.25, 0.3) is 0 Å². The fourth-order valence-corrected chi connectivity index (χ4v) is 1.76. The van der Waals surface area contributed by atoms with Crippen LogP contribution in [0.15, 0.2) is 48.5 Å². The van der Waals surface area contributed by atoms with E-state index >= 15 is 0 Å². The van der Waals surface area contributed by atoms with Crippen LogP contribution in [0.25, 0.3) is 0 Å². The molecule has 2 aromatic rings. The molecule has 0 saturated carbocycles. The molecule has 2 rings (SSSR count). The lowest BCUT2D eigenvalue weighted by atomic mass is 10.2. The predicted octanol–water partition coefficient (Wildman–Crippen LogP) is 2.57. The Hall–Kier alpha value is -2.00. The predicted molar refractivity (Wildman–Crippen MR) is 74.4 cm³/mol. The molecule has 3 N–H and O–H groups in total. The van der Waals surface area contributed by atoms with Gasteiger partial charge in [0, 0.05) is 12.2 Å². The van der Waals surface area contributed by atoms with Crippen molar-refractivity contribution in [2.75, 3.05) is 12.8 Å². The van der Waals surface area contributed by atoms with Gasteiger partial charge < -0.3 is 15.8 Å². The Bertz CT molecular complexity index is 494. The largest absolute Gasteiger partial charge is 0.489 e. The minimum Gasteiger partial charge on any atom is -0.489 e. The summed E-state index contributed by atoms with van der Waals surface area (Å²) in [7, 11) is 1.93. The number of anilines is 1. The summed E-state index contributed by atoms with van der Waals surface area (Å²) in [5, 5.41) is 3.11. The molecule has 3 heteroatoms. The van der Waals surface area contributed by atoms with E-state index in [2.05, 4.69) is 17.4 Å². The fraction of sp³-hybridized carbons (Fsp3) is 0.200. The van der Waals surface area contributed by atoms with Crippen LogP contribution >= 0.6 is 0 Å². The summed E-state index contributed by atoms with van der Waals surface area (Å²) in [6, 6.07) is 15.8. The van der Waals surface area contributed by atoms with E-state index < -0.39 is 0 Å². The first-order chi connectivity index (χ1) is 8.78. The summed E-state index contributed by atoms with van der Waals surface area (Å²) in [5.74, 6) is 0.872. The van der Waals surface area contributed by atoms with E-state index in [-0.39, 0.29) is 0 Å². The van der Waals surface area contributed by atoms with Crippen LogP contribution < -0.4 is 15.8 Å². The summed E-state index contributed by atoms with van der Waals surface area (Å²) in [6.07, 6.45) is 0. The first-order valence-corrected chi connectivity index (χ1v) is 5.98. The molecule has 0 radical (unpaired) electrons. The van der Waals surface area contributed by atoms with Gasteiger partial charge in [-0.1, -0.05) is 24.3 Å². The molecule has 0 heterocycles. The third-order valence-corrected chi connectivity index (χ3v) is 2.66. The van der Waals surface area contributed by atoms with Crippen molar-refractivity contribution in [1.29, 1.82) is 0 Å². The molecule has 0 fully saturated rings. The average molecular weight is 242 g/mol. The SMILES string of the molecule is CNCc1ccc(OCc2cccc(N)c2)cc1. The number of ether oxygens (including phenoxy) is 1. The van der Waals surface area contributed by atoms with Crippen molar-refractivity contribution in [3.8, 4) is 5.75 Å². The molecule has 0 saturated heterocycles. The van der Waals surface area contributed by atoms with Crippen LogP contribution in [-0.4, -0.2) is 7.05 Å². The van der Waals surface area contributed by atoms with E-state index in [0.29, 0.717) is 6.61 Å². The third-order valence-electron chi connectivity index (χ3n) is 2.66. The maximum atomic E-state index is 5.72. The molecule has 3 nitrogen and oxygen atoms in total. The molecule has 0 aromatic heterocycles. The first kappa shape index (κ1) is 12.5. The molecule has 0 aliphatic heterocycles.